The van der Waals surface area contributed by atoms with Crippen molar-refractivity contribution in [3.8, 4) is 0 Å². The summed E-state index contributed by atoms with van der Waals surface area (Å²) < 4.78 is 10.8. The van der Waals surface area contributed by atoms with Crippen molar-refractivity contribution in [1.29, 1.82) is 0 Å². The molecule has 0 saturated carbocycles. The zero-order valence-electron chi connectivity index (χ0n) is 10.8. The third kappa shape index (κ3) is 4.94. The first-order valence-electron chi connectivity index (χ1n) is 5.83. The standard InChI is InChI=1S/C12H23NO3/c1-11(2,3)16-8-10(14)13-12(4)6-5-7-15-9-12/h5-9H2,1-4H3,(H,13,14). The van der Waals surface area contributed by atoms with Crippen molar-refractivity contribution in [3.05, 3.63) is 0 Å². The molecule has 1 aliphatic heterocycles. The Morgan fingerprint density at radius 2 is 2.19 bits per heavy atom. The van der Waals surface area contributed by atoms with Crippen LogP contribution in [0.25, 0.3) is 0 Å². The van der Waals surface area contributed by atoms with Crippen LogP contribution in [0.1, 0.15) is 40.5 Å². The highest BCUT2D eigenvalue weighted by atomic mass is 16.5. The van der Waals surface area contributed by atoms with Crippen LogP contribution in [0.2, 0.25) is 0 Å². The average molecular weight is 229 g/mol. The van der Waals surface area contributed by atoms with Crippen LogP contribution in [-0.4, -0.2) is 36.9 Å². The Balaban J connectivity index is 2.33. The van der Waals surface area contributed by atoms with E-state index in [-0.39, 0.29) is 23.7 Å². The second-order valence-corrected chi connectivity index (χ2v) is 5.67. The van der Waals surface area contributed by atoms with Crippen molar-refractivity contribution < 1.29 is 14.3 Å². The summed E-state index contributed by atoms with van der Waals surface area (Å²) in [6.45, 7) is 9.32. The molecule has 1 saturated heterocycles. The fraction of sp³-hybridized carbons (Fsp3) is 0.917. The lowest BCUT2D eigenvalue weighted by Gasteiger charge is -2.34. The SMILES string of the molecule is CC1(NC(=O)COC(C)(C)C)CCCOC1. The predicted molar refractivity (Wildman–Crippen MR) is 62.3 cm³/mol. The van der Waals surface area contributed by atoms with E-state index in [1.165, 1.54) is 0 Å². The van der Waals surface area contributed by atoms with Crippen molar-refractivity contribution >= 4 is 5.91 Å². The van der Waals surface area contributed by atoms with Gasteiger partial charge in [-0.3, -0.25) is 4.79 Å². The summed E-state index contributed by atoms with van der Waals surface area (Å²) >= 11 is 0. The van der Waals surface area contributed by atoms with Crippen LogP contribution in [0.4, 0.5) is 0 Å². The highest BCUT2D eigenvalue weighted by molar-refractivity contribution is 5.78. The Morgan fingerprint density at radius 3 is 2.69 bits per heavy atom. The van der Waals surface area contributed by atoms with E-state index in [1.807, 2.05) is 27.7 Å². The monoisotopic (exact) mass is 229 g/mol. The first-order chi connectivity index (χ1) is 7.31. The second-order valence-electron chi connectivity index (χ2n) is 5.67. The molecule has 1 amide bonds. The molecular weight excluding hydrogens is 206 g/mol. The number of amides is 1. The molecule has 1 aliphatic rings. The number of ether oxygens (including phenoxy) is 2. The quantitative estimate of drug-likeness (QED) is 0.797. The lowest BCUT2D eigenvalue weighted by Crippen LogP contribution is -2.52. The van der Waals surface area contributed by atoms with Crippen molar-refractivity contribution in [2.24, 2.45) is 0 Å². The summed E-state index contributed by atoms with van der Waals surface area (Å²) in [6, 6.07) is 0. The molecule has 94 valence electrons. The molecule has 1 fully saturated rings. The Bertz CT molecular complexity index is 239. The van der Waals surface area contributed by atoms with Crippen LogP contribution in [0, 0.1) is 0 Å². The average Bonchev–Trinajstić information content (AvgIpc) is 2.14. The molecule has 16 heavy (non-hydrogen) atoms. The summed E-state index contributed by atoms with van der Waals surface area (Å²) in [7, 11) is 0. The maximum absolute atomic E-state index is 11.7. The second kappa shape index (κ2) is 5.15. The third-order valence-electron chi connectivity index (χ3n) is 2.52. The molecule has 0 aromatic carbocycles. The number of hydrogen-bond donors (Lipinski definition) is 1. The van der Waals surface area contributed by atoms with Gasteiger partial charge in [-0.05, 0) is 40.5 Å². The topological polar surface area (TPSA) is 47.6 Å². The summed E-state index contributed by atoms with van der Waals surface area (Å²) in [5, 5.41) is 2.98. The molecule has 0 aromatic rings. The minimum Gasteiger partial charge on any atom is -0.379 e. The van der Waals surface area contributed by atoms with Gasteiger partial charge in [-0.25, -0.2) is 0 Å². The molecule has 1 atom stereocenters. The van der Waals surface area contributed by atoms with Gasteiger partial charge in [0.05, 0.1) is 17.7 Å². The van der Waals surface area contributed by atoms with E-state index < -0.39 is 0 Å². The van der Waals surface area contributed by atoms with E-state index in [9.17, 15) is 4.79 Å². The molecule has 0 bridgehead atoms. The summed E-state index contributed by atoms with van der Waals surface area (Å²) in [4.78, 5) is 11.7. The van der Waals surface area contributed by atoms with E-state index in [4.69, 9.17) is 9.47 Å². The van der Waals surface area contributed by atoms with E-state index >= 15 is 0 Å². The van der Waals surface area contributed by atoms with Gasteiger partial charge in [0.2, 0.25) is 5.91 Å². The Labute approximate surface area is 97.7 Å². The summed E-state index contributed by atoms with van der Waals surface area (Å²) in [6.07, 6.45) is 1.96. The summed E-state index contributed by atoms with van der Waals surface area (Å²) in [5.74, 6) is -0.0667. The number of carbonyl (C=O) groups excluding carboxylic acids is 1. The molecule has 1 N–H and O–H groups in total. The van der Waals surface area contributed by atoms with E-state index in [0.29, 0.717) is 6.61 Å². The minimum absolute atomic E-state index is 0.0667. The first-order valence-corrected chi connectivity index (χ1v) is 5.83. The Kier molecular flexibility index (Phi) is 4.33. The number of rotatable bonds is 3. The van der Waals surface area contributed by atoms with Gasteiger partial charge < -0.3 is 14.8 Å². The molecule has 0 aromatic heterocycles. The van der Waals surface area contributed by atoms with E-state index in [2.05, 4.69) is 5.32 Å². The normalized spacial score (nSPS) is 26.5. The fourth-order valence-electron chi connectivity index (χ4n) is 1.69. The largest absolute Gasteiger partial charge is 0.379 e. The van der Waals surface area contributed by atoms with Crippen LogP contribution >= 0.6 is 0 Å². The fourth-order valence-corrected chi connectivity index (χ4v) is 1.69. The molecule has 4 heteroatoms. The predicted octanol–water partition coefficient (Wildman–Crippen LogP) is 1.49. The number of carbonyl (C=O) groups is 1. The van der Waals surface area contributed by atoms with Crippen LogP contribution in [0.5, 0.6) is 0 Å². The Hall–Kier alpha value is -0.610. The van der Waals surface area contributed by atoms with Crippen molar-refractivity contribution in [1.82, 2.24) is 5.32 Å². The van der Waals surface area contributed by atoms with Crippen LogP contribution < -0.4 is 5.32 Å². The Morgan fingerprint density at radius 1 is 1.50 bits per heavy atom. The maximum Gasteiger partial charge on any atom is 0.246 e. The molecule has 0 spiro atoms. The smallest absolute Gasteiger partial charge is 0.246 e. The molecule has 1 unspecified atom stereocenters. The number of hydrogen-bond acceptors (Lipinski definition) is 3. The lowest BCUT2D eigenvalue weighted by atomic mass is 9.95. The zero-order valence-corrected chi connectivity index (χ0v) is 10.8. The van der Waals surface area contributed by atoms with Gasteiger partial charge in [-0.2, -0.15) is 0 Å². The highest BCUT2D eigenvalue weighted by Gasteiger charge is 2.29. The summed E-state index contributed by atoms with van der Waals surface area (Å²) in [5.41, 5.74) is -0.502. The molecule has 1 rings (SSSR count). The van der Waals surface area contributed by atoms with Crippen molar-refractivity contribution in [2.45, 2.75) is 51.7 Å². The van der Waals surface area contributed by atoms with Gasteiger partial charge in [0, 0.05) is 6.61 Å². The molecule has 0 aliphatic carbocycles. The highest BCUT2D eigenvalue weighted by Crippen LogP contribution is 2.18. The first kappa shape index (κ1) is 13.5. The van der Waals surface area contributed by atoms with Gasteiger partial charge in [0.15, 0.2) is 0 Å². The van der Waals surface area contributed by atoms with E-state index in [1.54, 1.807) is 0 Å². The lowest BCUT2D eigenvalue weighted by molar-refractivity contribution is -0.134. The van der Waals surface area contributed by atoms with Crippen LogP contribution in [0.3, 0.4) is 0 Å². The van der Waals surface area contributed by atoms with Gasteiger partial charge in [-0.15, -0.1) is 0 Å². The van der Waals surface area contributed by atoms with Gasteiger partial charge in [0.25, 0.3) is 0 Å². The molecule has 0 radical (unpaired) electrons. The third-order valence-corrected chi connectivity index (χ3v) is 2.52. The van der Waals surface area contributed by atoms with Gasteiger partial charge in [-0.1, -0.05) is 0 Å². The molecular formula is C12H23NO3. The van der Waals surface area contributed by atoms with Crippen LogP contribution in [0.15, 0.2) is 0 Å². The molecule has 4 nitrogen and oxygen atoms in total. The van der Waals surface area contributed by atoms with Crippen LogP contribution in [-0.2, 0) is 14.3 Å². The van der Waals surface area contributed by atoms with Gasteiger partial charge in [0.1, 0.15) is 6.61 Å². The van der Waals surface area contributed by atoms with E-state index in [0.717, 1.165) is 19.4 Å². The van der Waals surface area contributed by atoms with Gasteiger partial charge >= 0.3 is 0 Å². The van der Waals surface area contributed by atoms with Crippen molar-refractivity contribution in [2.75, 3.05) is 19.8 Å². The maximum atomic E-state index is 11.7. The minimum atomic E-state index is -0.276. The number of nitrogens with one attached hydrogen (secondary N) is 1. The molecule has 1 heterocycles. The van der Waals surface area contributed by atoms with Crippen molar-refractivity contribution in [3.63, 3.8) is 0 Å². The zero-order chi connectivity index (χ0) is 12.2.